The number of carbonyl (C=O) groups excluding carboxylic acids is 2. The van der Waals surface area contributed by atoms with Gasteiger partial charge in [-0.25, -0.2) is 0 Å². The first-order chi connectivity index (χ1) is 14.2. The number of hydrogen-bond acceptors (Lipinski definition) is 7. The van der Waals surface area contributed by atoms with Crippen molar-refractivity contribution in [3.63, 3.8) is 0 Å². The monoisotopic (exact) mass is 426 g/mol. The van der Waals surface area contributed by atoms with Crippen LogP contribution in [0.25, 0.3) is 9.88 Å². The van der Waals surface area contributed by atoms with E-state index in [1.165, 1.54) is 0 Å². The summed E-state index contributed by atoms with van der Waals surface area (Å²) in [5.74, 6) is 0.225. The van der Waals surface area contributed by atoms with E-state index in [0.29, 0.717) is 37.9 Å². The highest BCUT2D eigenvalue weighted by molar-refractivity contribution is 7.22. The maximum atomic E-state index is 12.5. The number of thiophene rings is 1. The van der Waals surface area contributed by atoms with E-state index in [1.54, 1.807) is 22.7 Å². The molecule has 0 unspecified atom stereocenters. The van der Waals surface area contributed by atoms with E-state index < -0.39 is 0 Å². The Kier molecular flexibility index (Phi) is 6.31. The average Bonchev–Trinajstić information content (AvgIpc) is 3.46. The molecule has 1 saturated heterocycles. The Labute approximate surface area is 177 Å². The van der Waals surface area contributed by atoms with Gasteiger partial charge in [-0.1, -0.05) is 47.7 Å². The van der Waals surface area contributed by atoms with E-state index >= 15 is 0 Å². The first-order valence-corrected chi connectivity index (χ1v) is 11.4. The molecule has 1 aliphatic rings. The zero-order valence-corrected chi connectivity index (χ0v) is 17.6. The zero-order valence-electron chi connectivity index (χ0n) is 16.0. The van der Waals surface area contributed by atoms with Gasteiger partial charge in [-0.3, -0.25) is 9.59 Å². The third kappa shape index (κ3) is 4.89. The Balaban J connectivity index is 1.22. The Morgan fingerprint density at radius 1 is 0.931 bits per heavy atom. The number of nitrogens with zero attached hydrogens (tertiary/aromatic N) is 4. The molecule has 6 nitrogen and oxygen atoms in total. The van der Waals surface area contributed by atoms with Crippen molar-refractivity contribution in [2.24, 2.45) is 0 Å². The fourth-order valence-electron chi connectivity index (χ4n) is 3.32. The minimum atomic E-state index is 0.0982. The fourth-order valence-corrected chi connectivity index (χ4v) is 5.01. The molecule has 3 aromatic rings. The van der Waals surface area contributed by atoms with Gasteiger partial charge in [0.05, 0.1) is 4.88 Å². The second-order valence-corrected chi connectivity index (χ2v) is 8.78. The summed E-state index contributed by atoms with van der Waals surface area (Å²) in [5.41, 5.74) is 0.715. The lowest BCUT2D eigenvalue weighted by molar-refractivity contribution is -0.131. The molecule has 0 N–H and O–H groups in total. The van der Waals surface area contributed by atoms with Crippen molar-refractivity contribution in [1.29, 1.82) is 0 Å². The number of benzene rings is 1. The Morgan fingerprint density at radius 2 is 1.72 bits per heavy atom. The number of anilines is 1. The third-order valence-electron chi connectivity index (χ3n) is 4.94. The molecule has 2 aromatic heterocycles. The Morgan fingerprint density at radius 3 is 2.45 bits per heavy atom. The van der Waals surface area contributed by atoms with E-state index in [2.05, 4.69) is 15.1 Å². The first kappa shape index (κ1) is 19.7. The van der Waals surface area contributed by atoms with Crippen molar-refractivity contribution >= 4 is 39.5 Å². The van der Waals surface area contributed by atoms with Gasteiger partial charge in [0.25, 0.3) is 0 Å². The zero-order chi connectivity index (χ0) is 20.1. The van der Waals surface area contributed by atoms with Crippen LogP contribution in [0.2, 0.25) is 0 Å². The van der Waals surface area contributed by atoms with Gasteiger partial charge in [-0.2, -0.15) is 0 Å². The van der Waals surface area contributed by atoms with E-state index in [0.717, 1.165) is 28.1 Å². The normalized spacial score (nSPS) is 14.2. The molecule has 3 heterocycles. The molecule has 8 heteroatoms. The van der Waals surface area contributed by atoms with Crippen molar-refractivity contribution in [2.75, 3.05) is 31.1 Å². The van der Waals surface area contributed by atoms with Crippen molar-refractivity contribution in [3.8, 4) is 9.88 Å². The van der Waals surface area contributed by atoms with Crippen LogP contribution in [0.3, 0.4) is 0 Å². The summed E-state index contributed by atoms with van der Waals surface area (Å²) in [6.07, 6.45) is 1.42. The fraction of sp³-hybridized carbons (Fsp3) is 0.333. The molecular formula is C21H22N4O2S2. The number of Topliss-reactive ketones (excluding diaryl/α,β-unsaturated/α-hetero) is 1. The number of piperazine rings is 1. The molecule has 0 aliphatic carbocycles. The van der Waals surface area contributed by atoms with Gasteiger partial charge >= 0.3 is 0 Å². The summed E-state index contributed by atoms with van der Waals surface area (Å²) in [4.78, 5) is 29.9. The highest BCUT2D eigenvalue weighted by Gasteiger charge is 2.23. The number of rotatable bonds is 7. The van der Waals surface area contributed by atoms with Crippen LogP contribution in [0.4, 0.5) is 5.13 Å². The Bertz CT molecular complexity index is 948. The average molecular weight is 427 g/mol. The molecular weight excluding hydrogens is 404 g/mol. The molecule has 0 saturated carbocycles. The molecule has 0 spiro atoms. The molecule has 150 valence electrons. The standard InChI is InChI=1S/C21H22N4O2S2/c26-17(16-6-2-1-3-7-16)8-4-10-19(27)24-11-13-25(14-12-24)21-23-22-20(29-21)18-9-5-15-28-18/h1-3,5-7,9,15H,4,8,10-14H2. The molecule has 29 heavy (non-hydrogen) atoms. The summed E-state index contributed by atoms with van der Waals surface area (Å²) in [6, 6.07) is 13.3. The molecule has 0 atom stereocenters. The van der Waals surface area contributed by atoms with Crippen LogP contribution in [0.15, 0.2) is 47.8 Å². The molecule has 4 rings (SSSR count). The smallest absolute Gasteiger partial charge is 0.222 e. The van der Waals surface area contributed by atoms with Crippen molar-refractivity contribution in [2.45, 2.75) is 19.3 Å². The van der Waals surface area contributed by atoms with E-state index in [9.17, 15) is 9.59 Å². The maximum Gasteiger partial charge on any atom is 0.222 e. The molecule has 1 aliphatic heterocycles. The van der Waals surface area contributed by atoms with Gasteiger partial charge in [-0.05, 0) is 17.9 Å². The number of amides is 1. The predicted molar refractivity (Wildman–Crippen MR) is 117 cm³/mol. The molecule has 1 fully saturated rings. The second kappa shape index (κ2) is 9.28. The SMILES string of the molecule is O=C(CCCC(=O)N1CCN(c2nnc(-c3cccs3)s2)CC1)c1ccccc1. The summed E-state index contributed by atoms with van der Waals surface area (Å²) in [5, 5.41) is 12.5. The van der Waals surface area contributed by atoms with Crippen molar-refractivity contribution < 1.29 is 9.59 Å². The number of ketones is 1. The highest BCUT2D eigenvalue weighted by atomic mass is 32.1. The minimum Gasteiger partial charge on any atom is -0.343 e. The van der Waals surface area contributed by atoms with E-state index in [1.807, 2.05) is 52.7 Å². The van der Waals surface area contributed by atoms with Crippen molar-refractivity contribution in [1.82, 2.24) is 15.1 Å². The summed E-state index contributed by atoms with van der Waals surface area (Å²) in [6.45, 7) is 2.88. The number of hydrogen-bond donors (Lipinski definition) is 0. The summed E-state index contributed by atoms with van der Waals surface area (Å²) < 4.78 is 0. The molecule has 0 bridgehead atoms. The summed E-state index contributed by atoms with van der Waals surface area (Å²) in [7, 11) is 0. The predicted octanol–water partition coefficient (Wildman–Crippen LogP) is 3.97. The highest BCUT2D eigenvalue weighted by Crippen LogP contribution is 2.31. The van der Waals surface area contributed by atoms with Gasteiger partial charge in [0, 0.05) is 44.6 Å². The van der Waals surface area contributed by atoms with Gasteiger partial charge in [-0.15, -0.1) is 21.5 Å². The van der Waals surface area contributed by atoms with Gasteiger partial charge in [0.1, 0.15) is 0 Å². The second-order valence-electron chi connectivity index (χ2n) is 6.88. The summed E-state index contributed by atoms with van der Waals surface area (Å²) >= 11 is 3.26. The van der Waals surface area contributed by atoms with Crippen LogP contribution in [-0.2, 0) is 4.79 Å². The van der Waals surface area contributed by atoms with Gasteiger partial charge < -0.3 is 9.80 Å². The van der Waals surface area contributed by atoms with Crippen LogP contribution in [-0.4, -0.2) is 53.0 Å². The quantitative estimate of drug-likeness (QED) is 0.535. The van der Waals surface area contributed by atoms with Crippen LogP contribution in [0, 0.1) is 0 Å². The third-order valence-corrected chi connectivity index (χ3v) is 6.96. The van der Waals surface area contributed by atoms with Gasteiger partial charge in [0.2, 0.25) is 11.0 Å². The molecule has 1 amide bonds. The van der Waals surface area contributed by atoms with Crippen molar-refractivity contribution in [3.05, 3.63) is 53.4 Å². The van der Waals surface area contributed by atoms with Crippen LogP contribution >= 0.6 is 22.7 Å². The van der Waals surface area contributed by atoms with E-state index in [4.69, 9.17) is 0 Å². The van der Waals surface area contributed by atoms with Gasteiger partial charge in [0.15, 0.2) is 10.8 Å². The van der Waals surface area contributed by atoms with Crippen LogP contribution in [0.5, 0.6) is 0 Å². The largest absolute Gasteiger partial charge is 0.343 e. The van der Waals surface area contributed by atoms with Crippen LogP contribution in [0.1, 0.15) is 29.6 Å². The lowest BCUT2D eigenvalue weighted by Gasteiger charge is -2.34. The first-order valence-electron chi connectivity index (χ1n) is 9.69. The maximum absolute atomic E-state index is 12.5. The Hall–Kier alpha value is -2.58. The lowest BCUT2D eigenvalue weighted by atomic mass is 10.1. The molecule has 0 radical (unpaired) electrons. The number of aromatic nitrogens is 2. The van der Waals surface area contributed by atoms with Crippen LogP contribution < -0.4 is 4.90 Å². The molecule has 1 aromatic carbocycles. The van der Waals surface area contributed by atoms with E-state index in [-0.39, 0.29) is 11.7 Å². The minimum absolute atomic E-state index is 0.0982. The number of carbonyl (C=O) groups is 2. The topological polar surface area (TPSA) is 66.4 Å². The lowest BCUT2D eigenvalue weighted by Crippen LogP contribution is -2.48.